The molecule has 132 valence electrons. The number of ether oxygens (including phenoxy) is 4. The average molecular weight is 328 g/mol. The molecular formula is C17H28O6. The molecule has 2 N–H and O–H groups in total. The standard InChI is InChI=1S/C17H28O6/c1-6-7-8-9-11(18)14-15(23-17(4,5)22-14)13(19)12-10-20-16(2,3)21-12/h11-15,18-19H,6,9-10H2,1-5H3/t11-,12+,13+,14+,15-/m0/s1. The van der Waals surface area contributed by atoms with Gasteiger partial charge in [0.15, 0.2) is 11.6 Å². The average Bonchev–Trinajstić information content (AvgIpc) is 2.97. The van der Waals surface area contributed by atoms with Crippen LogP contribution >= 0.6 is 0 Å². The van der Waals surface area contributed by atoms with Crippen molar-refractivity contribution >= 4 is 0 Å². The summed E-state index contributed by atoms with van der Waals surface area (Å²) < 4.78 is 22.8. The zero-order chi connectivity index (χ0) is 17.3. The summed E-state index contributed by atoms with van der Waals surface area (Å²) >= 11 is 0. The Hall–Kier alpha value is -0.680. The Morgan fingerprint density at radius 2 is 1.65 bits per heavy atom. The van der Waals surface area contributed by atoms with Crippen LogP contribution in [-0.2, 0) is 18.9 Å². The molecule has 2 heterocycles. The van der Waals surface area contributed by atoms with Gasteiger partial charge in [-0.3, -0.25) is 0 Å². The molecule has 2 fully saturated rings. The highest BCUT2D eigenvalue weighted by atomic mass is 16.8. The van der Waals surface area contributed by atoms with Crippen LogP contribution in [0.1, 0.15) is 47.5 Å². The summed E-state index contributed by atoms with van der Waals surface area (Å²) in [5, 5.41) is 21.0. The Kier molecular flexibility index (Phi) is 5.72. The summed E-state index contributed by atoms with van der Waals surface area (Å²) in [7, 11) is 0. The van der Waals surface area contributed by atoms with Crippen LogP contribution in [0.15, 0.2) is 0 Å². The van der Waals surface area contributed by atoms with Crippen molar-refractivity contribution in [2.75, 3.05) is 6.61 Å². The van der Waals surface area contributed by atoms with Gasteiger partial charge in [-0.1, -0.05) is 6.92 Å². The molecule has 0 unspecified atom stereocenters. The van der Waals surface area contributed by atoms with E-state index in [-0.39, 0.29) is 13.0 Å². The molecule has 0 radical (unpaired) electrons. The van der Waals surface area contributed by atoms with E-state index in [1.807, 2.05) is 6.92 Å². The van der Waals surface area contributed by atoms with Gasteiger partial charge >= 0.3 is 0 Å². The van der Waals surface area contributed by atoms with E-state index in [9.17, 15) is 10.2 Å². The van der Waals surface area contributed by atoms with E-state index in [4.69, 9.17) is 18.9 Å². The molecular weight excluding hydrogens is 300 g/mol. The molecule has 0 bridgehead atoms. The largest absolute Gasteiger partial charge is 0.389 e. The molecule has 2 rings (SSSR count). The lowest BCUT2D eigenvalue weighted by molar-refractivity contribution is -0.179. The maximum atomic E-state index is 10.6. The van der Waals surface area contributed by atoms with Crippen molar-refractivity contribution in [1.29, 1.82) is 0 Å². The lowest BCUT2D eigenvalue weighted by Crippen LogP contribution is -2.48. The minimum atomic E-state index is -0.961. The smallest absolute Gasteiger partial charge is 0.164 e. The van der Waals surface area contributed by atoms with Crippen molar-refractivity contribution in [3.05, 3.63) is 0 Å². The van der Waals surface area contributed by atoms with Crippen molar-refractivity contribution in [3.63, 3.8) is 0 Å². The van der Waals surface area contributed by atoms with Crippen LogP contribution in [0.5, 0.6) is 0 Å². The van der Waals surface area contributed by atoms with Gasteiger partial charge in [0.05, 0.1) is 12.7 Å². The van der Waals surface area contributed by atoms with E-state index in [2.05, 4.69) is 11.8 Å². The van der Waals surface area contributed by atoms with Gasteiger partial charge in [-0.2, -0.15) is 0 Å². The summed E-state index contributed by atoms with van der Waals surface area (Å²) in [6.07, 6.45) is -2.69. The van der Waals surface area contributed by atoms with E-state index in [1.165, 1.54) is 0 Å². The maximum absolute atomic E-state index is 10.6. The van der Waals surface area contributed by atoms with Gasteiger partial charge in [0, 0.05) is 12.8 Å². The Bertz CT molecular complexity index is 463. The van der Waals surface area contributed by atoms with Gasteiger partial charge in [0.1, 0.15) is 24.4 Å². The Labute approximate surface area is 138 Å². The fourth-order valence-corrected chi connectivity index (χ4v) is 2.89. The minimum absolute atomic E-state index is 0.271. The van der Waals surface area contributed by atoms with Crippen LogP contribution in [0.25, 0.3) is 0 Å². The first-order valence-electron chi connectivity index (χ1n) is 8.14. The Morgan fingerprint density at radius 3 is 2.22 bits per heavy atom. The van der Waals surface area contributed by atoms with Gasteiger partial charge in [-0.25, -0.2) is 0 Å². The van der Waals surface area contributed by atoms with Crippen LogP contribution < -0.4 is 0 Å². The van der Waals surface area contributed by atoms with Gasteiger partial charge in [0.2, 0.25) is 0 Å². The monoisotopic (exact) mass is 328 g/mol. The predicted octanol–water partition coefficient (Wildman–Crippen LogP) is 1.18. The minimum Gasteiger partial charge on any atom is -0.389 e. The van der Waals surface area contributed by atoms with E-state index in [1.54, 1.807) is 27.7 Å². The van der Waals surface area contributed by atoms with Crippen LogP contribution in [0.2, 0.25) is 0 Å². The number of aliphatic hydroxyl groups is 2. The van der Waals surface area contributed by atoms with Gasteiger partial charge in [-0.15, -0.1) is 11.8 Å². The fraction of sp³-hybridized carbons (Fsp3) is 0.882. The van der Waals surface area contributed by atoms with Gasteiger partial charge < -0.3 is 29.2 Å². The number of hydrogen-bond acceptors (Lipinski definition) is 6. The third kappa shape index (κ3) is 4.66. The summed E-state index contributed by atoms with van der Waals surface area (Å²) in [6, 6.07) is 0. The van der Waals surface area contributed by atoms with Crippen LogP contribution in [0.3, 0.4) is 0 Å². The van der Waals surface area contributed by atoms with Crippen molar-refractivity contribution in [1.82, 2.24) is 0 Å². The topological polar surface area (TPSA) is 77.4 Å². The quantitative estimate of drug-likeness (QED) is 0.755. The first-order chi connectivity index (χ1) is 10.7. The second kappa shape index (κ2) is 7.06. The molecule has 6 heteroatoms. The molecule has 0 aliphatic carbocycles. The van der Waals surface area contributed by atoms with Crippen molar-refractivity contribution in [2.24, 2.45) is 0 Å². The molecule has 6 nitrogen and oxygen atoms in total. The molecule has 0 aromatic carbocycles. The number of aliphatic hydroxyl groups excluding tert-OH is 2. The molecule has 0 amide bonds. The summed E-state index contributed by atoms with van der Waals surface area (Å²) in [6.45, 7) is 9.32. The third-order valence-corrected chi connectivity index (χ3v) is 3.90. The summed E-state index contributed by atoms with van der Waals surface area (Å²) in [5.41, 5.74) is 0. The first kappa shape index (κ1) is 18.7. The molecule has 0 spiro atoms. The molecule has 2 aliphatic heterocycles. The van der Waals surface area contributed by atoms with Gasteiger partial charge in [0.25, 0.3) is 0 Å². The highest BCUT2D eigenvalue weighted by Gasteiger charge is 2.51. The van der Waals surface area contributed by atoms with Crippen molar-refractivity contribution in [2.45, 2.75) is 89.6 Å². The van der Waals surface area contributed by atoms with Gasteiger partial charge in [-0.05, 0) is 27.7 Å². The normalized spacial score (nSPS) is 34.7. The third-order valence-electron chi connectivity index (χ3n) is 3.90. The first-order valence-corrected chi connectivity index (χ1v) is 8.14. The molecule has 0 saturated carbocycles. The highest BCUT2D eigenvalue weighted by molar-refractivity contribution is 5.03. The summed E-state index contributed by atoms with van der Waals surface area (Å²) in [5.74, 6) is 4.21. The molecule has 2 saturated heterocycles. The lowest BCUT2D eigenvalue weighted by Gasteiger charge is -2.28. The maximum Gasteiger partial charge on any atom is 0.164 e. The molecule has 5 atom stereocenters. The van der Waals surface area contributed by atoms with E-state index < -0.39 is 42.1 Å². The fourth-order valence-electron chi connectivity index (χ4n) is 2.89. The Morgan fingerprint density at radius 1 is 1.00 bits per heavy atom. The van der Waals surface area contributed by atoms with Crippen LogP contribution in [0, 0.1) is 11.8 Å². The van der Waals surface area contributed by atoms with Crippen LogP contribution in [-0.4, -0.2) is 58.9 Å². The lowest BCUT2D eigenvalue weighted by atomic mass is 9.98. The van der Waals surface area contributed by atoms with E-state index in [0.717, 1.165) is 6.42 Å². The SMILES string of the molecule is CCC#CC[C@H](O)[C@H]1OC(C)(C)O[C@H]1[C@H](O)[C@H]1COC(C)(C)O1. The van der Waals surface area contributed by atoms with Crippen molar-refractivity contribution in [3.8, 4) is 11.8 Å². The van der Waals surface area contributed by atoms with Crippen molar-refractivity contribution < 1.29 is 29.2 Å². The highest BCUT2D eigenvalue weighted by Crippen LogP contribution is 2.35. The molecule has 2 aliphatic rings. The van der Waals surface area contributed by atoms with E-state index >= 15 is 0 Å². The molecule has 0 aromatic heterocycles. The number of rotatable bonds is 4. The molecule has 23 heavy (non-hydrogen) atoms. The molecule has 0 aromatic rings. The second-order valence-corrected chi connectivity index (χ2v) is 6.90. The van der Waals surface area contributed by atoms with E-state index in [0.29, 0.717) is 0 Å². The summed E-state index contributed by atoms with van der Waals surface area (Å²) in [4.78, 5) is 0. The predicted molar refractivity (Wildman–Crippen MR) is 83.4 cm³/mol. The second-order valence-electron chi connectivity index (χ2n) is 6.90. The zero-order valence-electron chi connectivity index (χ0n) is 14.5. The zero-order valence-corrected chi connectivity index (χ0v) is 14.5. The van der Waals surface area contributed by atoms with Crippen LogP contribution in [0.4, 0.5) is 0 Å². The Balaban J connectivity index is 2.07. The number of hydrogen-bond donors (Lipinski definition) is 2.